The van der Waals surface area contributed by atoms with Crippen molar-refractivity contribution in [1.82, 2.24) is 19.8 Å². The number of amides is 3. The molecule has 30 heavy (non-hydrogen) atoms. The van der Waals surface area contributed by atoms with E-state index in [0.29, 0.717) is 19.5 Å². The zero-order valence-corrected chi connectivity index (χ0v) is 16.8. The van der Waals surface area contributed by atoms with Gasteiger partial charge >= 0.3 is 6.03 Å². The van der Waals surface area contributed by atoms with Crippen LogP contribution in [0.1, 0.15) is 42.1 Å². The third kappa shape index (κ3) is 2.89. The number of unbranched alkanes of at least 4 members (excludes halogenated alkanes) is 2. The van der Waals surface area contributed by atoms with E-state index >= 15 is 0 Å². The van der Waals surface area contributed by atoms with E-state index in [1.807, 2.05) is 30.3 Å². The average Bonchev–Trinajstić information content (AvgIpc) is 3.26. The Labute approximate surface area is 174 Å². The normalized spacial score (nSPS) is 20.7. The maximum Gasteiger partial charge on any atom is 0.328 e. The number of nitrogens with zero attached hydrogens (tertiary/aromatic N) is 3. The summed E-state index contributed by atoms with van der Waals surface area (Å²) in [6, 6.07) is 10.9. The Morgan fingerprint density at radius 3 is 2.67 bits per heavy atom. The van der Waals surface area contributed by atoms with Gasteiger partial charge in [0.2, 0.25) is 0 Å². The van der Waals surface area contributed by atoms with Gasteiger partial charge in [-0.3, -0.25) is 19.6 Å². The van der Waals surface area contributed by atoms with Crippen LogP contribution in [-0.2, 0) is 11.2 Å². The van der Waals surface area contributed by atoms with Gasteiger partial charge < -0.3 is 10.7 Å². The van der Waals surface area contributed by atoms with Crippen LogP contribution in [0.2, 0.25) is 0 Å². The highest BCUT2D eigenvalue weighted by Gasteiger charge is 2.52. The molecule has 0 saturated carbocycles. The first kappa shape index (κ1) is 18.8. The van der Waals surface area contributed by atoms with E-state index < -0.39 is 6.04 Å². The van der Waals surface area contributed by atoms with Crippen LogP contribution in [0.3, 0.4) is 0 Å². The number of aromatic amines is 1. The molecule has 0 radical (unpaired) electrons. The molecule has 3 N–H and O–H groups in total. The van der Waals surface area contributed by atoms with Gasteiger partial charge in [-0.1, -0.05) is 24.6 Å². The van der Waals surface area contributed by atoms with Crippen LogP contribution in [0.15, 0.2) is 48.8 Å². The Bertz CT molecular complexity index is 1090. The molecule has 3 amide bonds. The Kier molecular flexibility index (Phi) is 4.75. The number of imide groups is 1. The number of para-hydroxylation sites is 1. The summed E-state index contributed by atoms with van der Waals surface area (Å²) in [5.74, 6) is -0.0947. The highest BCUT2D eigenvalue weighted by Crippen LogP contribution is 2.43. The number of carbonyl (C=O) groups excluding carboxylic acids is 2. The van der Waals surface area contributed by atoms with Gasteiger partial charge in [-0.25, -0.2) is 4.79 Å². The van der Waals surface area contributed by atoms with Gasteiger partial charge in [0.25, 0.3) is 5.91 Å². The smallest absolute Gasteiger partial charge is 0.328 e. The zero-order chi connectivity index (χ0) is 20.7. The maximum absolute atomic E-state index is 13.4. The van der Waals surface area contributed by atoms with E-state index in [1.165, 1.54) is 4.90 Å². The molecule has 0 aliphatic carbocycles. The van der Waals surface area contributed by atoms with Crippen LogP contribution >= 0.6 is 0 Å². The van der Waals surface area contributed by atoms with Gasteiger partial charge in [0.15, 0.2) is 0 Å². The van der Waals surface area contributed by atoms with E-state index in [2.05, 4.69) is 16.0 Å². The molecule has 2 aliphatic rings. The molecule has 5 rings (SSSR count). The second-order valence-electron chi connectivity index (χ2n) is 7.99. The van der Waals surface area contributed by atoms with Gasteiger partial charge in [0.1, 0.15) is 12.1 Å². The van der Waals surface area contributed by atoms with E-state index in [-0.39, 0.29) is 18.0 Å². The molecule has 3 aromatic rings. The SMILES string of the molecule is NCCCCCN1C(=O)[C@@H]2Cc3c([nH]c4ccccc34)[C@@H](c3ccncc3)N2C1=O. The van der Waals surface area contributed by atoms with Crippen molar-refractivity contribution in [3.05, 3.63) is 65.6 Å². The fourth-order valence-electron chi connectivity index (χ4n) is 4.82. The number of hydrogen-bond donors (Lipinski definition) is 2. The van der Waals surface area contributed by atoms with Gasteiger partial charge in [-0.15, -0.1) is 0 Å². The summed E-state index contributed by atoms with van der Waals surface area (Å²) in [7, 11) is 0. The van der Waals surface area contributed by atoms with Crippen molar-refractivity contribution in [2.24, 2.45) is 5.73 Å². The summed E-state index contributed by atoms with van der Waals surface area (Å²) in [5.41, 5.74) is 9.67. The van der Waals surface area contributed by atoms with Crippen LogP contribution in [0.4, 0.5) is 4.79 Å². The molecule has 1 fully saturated rings. The number of aromatic nitrogens is 2. The highest BCUT2D eigenvalue weighted by molar-refractivity contribution is 6.05. The zero-order valence-electron chi connectivity index (χ0n) is 16.8. The highest BCUT2D eigenvalue weighted by atomic mass is 16.2. The lowest BCUT2D eigenvalue weighted by molar-refractivity contribution is -0.128. The summed E-state index contributed by atoms with van der Waals surface area (Å²) in [6.45, 7) is 1.07. The number of urea groups is 1. The van der Waals surface area contributed by atoms with E-state index in [4.69, 9.17) is 5.73 Å². The molecular formula is C23H25N5O2. The number of H-pyrrole nitrogens is 1. The van der Waals surface area contributed by atoms with Crippen LogP contribution in [0.5, 0.6) is 0 Å². The number of pyridine rings is 1. The predicted molar refractivity (Wildman–Crippen MR) is 114 cm³/mol. The molecule has 2 aromatic heterocycles. The van der Waals surface area contributed by atoms with Gasteiger partial charge in [-0.05, 0) is 48.7 Å². The minimum atomic E-state index is -0.475. The molecule has 154 valence electrons. The second-order valence-corrected chi connectivity index (χ2v) is 7.99. The molecule has 1 aromatic carbocycles. The quantitative estimate of drug-likeness (QED) is 0.489. The van der Waals surface area contributed by atoms with Gasteiger partial charge in [-0.2, -0.15) is 0 Å². The molecule has 7 nitrogen and oxygen atoms in total. The Morgan fingerprint density at radius 1 is 1.07 bits per heavy atom. The first-order valence-electron chi connectivity index (χ1n) is 10.5. The van der Waals surface area contributed by atoms with Crippen LogP contribution in [-0.4, -0.2) is 50.8 Å². The molecule has 0 unspecified atom stereocenters. The lowest BCUT2D eigenvalue weighted by Gasteiger charge is -2.35. The third-order valence-corrected chi connectivity index (χ3v) is 6.24. The summed E-state index contributed by atoms with van der Waals surface area (Å²) >= 11 is 0. The van der Waals surface area contributed by atoms with Crippen LogP contribution < -0.4 is 5.73 Å². The maximum atomic E-state index is 13.4. The molecule has 0 bridgehead atoms. The van der Waals surface area contributed by atoms with Crippen molar-refractivity contribution >= 4 is 22.8 Å². The first-order valence-corrected chi connectivity index (χ1v) is 10.5. The number of nitrogens with two attached hydrogens (primary N) is 1. The number of carbonyl (C=O) groups is 2. The van der Waals surface area contributed by atoms with Crippen LogP contribution in [0, 0.1) is 0 Å². The minimum Gasteiger partial charge on any atom is -0.356 e. The monoisotopic (exact) mass is 403 g/mol. The second kappa shape index (κ2) is 7.57. The molecule has 1 saturated heterocycles. The Hall–Kier alpha value is -3.19. The molecular weight excluding hydrogens is 378 g/mol. The van der Waals surface area contributed by atoms with Crippen molar-refractivity contribution in [3.63, 3.8) is 0 Å². The van der Waals surface area contributed by atoms with Crippen molar-refractivity contribution in [2.75, 3.05) is 13.1 Å². The topological polar surface area (TPSA) is 95.3 Å². The lowest BCUT2D eigenvalue weighted by atomic mass is 9.89. The predicted octanol–water partition coefficient (Wildman–Crippen LogP) is 2.97. The average molecular weight is 403 g/mol. The summed E-state index contributed by atoms with van der Waals surface area (Å²) in [6.07, 6.45) is 6.59. The first-order chi connectivity index (χ1) is 14.7. The largest absolute Gasteiger partial charge is 0.356 e. The van der Waals surface area contributed by atoms with E-state index in [9.17, 15) is 9.59 Å². The molecule has 7 heteroatoms. The number of benzene rings is 1. The Balaban J connectivity index is 1.57. The van der Waals surface area contributed by atoms with Crippen molar-refractivity contribution in [3.8, 4) is 0 Å². The molecule has 2 aliphatic heterocycles. The summed E-state index contributed by atoms with van der Waals surface area (Å²) in [4.78, 5) is 37.5. The lowest BCUT2D eigenvalue weighted by Crippen LogP contribution is -2.44. The van der Waals surface area contributed by atoms with Crippen molar-refractivity contribution in [1.29, 1.82) is 0 Å². The molecule has 2 atom stereocenters. The third-order valence-electron chi connectivity index (χ3n) is 6.24. The summed E-state index contributed by atoms with van der Waals surface area (Å²) in [5, 5.41) is 1.12. The fraction of sp³-hybridized carbons (Fsp3) is 0.348. The number of nitrogens with one attached hydrogen (secondary N) is 1. The molecule has 4 heterocycles. The Morgan fingerprint density at radius 2 is 1.87 bits per heavy atom. The van der Waals surface area contributed by atoms with Crippen molar-refractivity contribution in [2.45, 2.75) is 37.8 Å². The van der Waals surface area contributed by atoms with E-state index in [0.717, 1.165) is 47.0 Å². The van der Waals surface area contributed by atoms with Crippen molar-refractivity contribution < 1.29 is 9.59 Å². The molecule has 0 spiro atoms. The van der Waals surface area contributed by atoms with E-state index in [1.54, 1.807) is 17.3 Å². The van der Waals surface area contributed by atoms with Gasteiger partial charge in [0, 0.05) is 42.0 Å². The fourth-order valence-corrected chi connectivity index (χ4v) is 4.82. The number of hydrogen-bond acceptors (Lipinski definition) is 4. The number of rotatable bonds is 6. The summed E-state index contributed by atoms with van der Waals surface area (Å²) < 4.78 is 0. The minimum absolute atomic E-state index is 0.0947. The van der Waals surface area contributed by atoms with Crippen LogP contribution in [0.25, 0.3) is 10.9 Å². The number of fused-ring (bicyclic) bond motifs is 4. The van der Waals surface area contributed by atoms with Gasteiger partial charge in [0.05, 0.1) is 0 Å². The standard InChI is InChI=1S/C23H25N5O2/c24-10-4-1-5-13-27-22(29)19-14-17-16-6-2-3-7-18(16)26-20(17)21(28(19)23(27)30)15-8-11-25-12-9-15/h2-3,6-9,11-12,19,21,26H,1,4-5,10,13-14,24H2/t19-,21+/m0/s1.